The Morgan fingerprint density at radius 1 is 1.23 bits per heavy atom. The van der Waals surface area contributed by atoms with Crippen molar-refractivity contribution in [1.82, 2.24) is 9.97 Å². The van der Waals surface area contributed by atoms with Crippen molar-refractivity contribution in [3.8, 4) is 23.1 Å². The molecule has 2 aliphatic heterocycles. The van der Waals surface area contributed by atoms with Crippen molar-refractivity contribution >= 4 is 50.8 Å². The van der Waals surface area contributed by atoms with Crippen LogP contribution < -0.4 is 14.9 Å². The van der Waals surface area contributed by atoms with Gasteiger partial charge in [0.2, 0.25) is 5.95 Å². The Hall–Kier alpha value is -3.47. The van der Waals surface area contributed by atoms with E-state index < -0.39 is 13.7 Å². The fourth-order valence-electron chi connectivity index (χ4n) is 5.66. The zero-order chi connectivity index (χ0) is 34.5. The highest BCUT2D eigenvalue weighted by atomic mass is 35.5. The Labute approximate surface area is 290 Å². The number of halogens is 1. The first-order chi connectivity index (χ1) is 22.8. The molecular weight excluding hydrogens is 645 g/mol. The van der Waals surface area contributed by atoms with Gasteiger partial charge in [-0.05, 0) is 79.4 Å². The molecule has 1 radical (unpaired) electrons. The fourth-order valence-corrected chi connectivity index (χ4v) is 6.94. The average molecular weight is 689 g/mol. The Balaban J connectivity index is 1.40. The number of benzene rings is 2. The number of carbonyl (C=O) groups is 1. The lowest BCUT2D eigenvalue weighted by atomic mass is 9.83. The third-order valence-electron chi connectivity index (χ3n) is 9.41. The first-order valence-electron chi connectivity index (χ1n) is 16.4. The van der Waals surface area contributed by atoms with Crippen LogP contribution in [0, 0.1) is 11.3 Å². The lowest BCUT2D eigenvalue weighted by Gasteiger charge is -2.39. The summed E-state index contributed by atoms with van der Waals surface area (Å²) in [5.74, 6) is 0.917. The molecule has 0 amide bonds. The fraction of sp³-hybridized carbons (Fsp3) is 0.486. The molecular formula is C35H44BClN5O5Si. The van der Waals surface area contributed by atoms with Crippen molar-refractivity contribution < 1.29 is 23.4 Å². The van der Waals surface area contributed by atoms with E-state index in [0.717, 1.165) is 48.9 Å². The number of anilines is 3. The number of ether oxygens (including phenoxy) is 3. The maximum atomic E-state index is 11.6. The minimum absolute atomic E-state index is 0.0367. The number of nitriles is 1. The van der Waals surface area contributed by atoms with Crippen LogP contribution in [-0.4, -0.2) is 71.1 Å². The van der Waals surface area contributed by atoms with E-state index in [9.17, 15) is 10.1 Å². The molecule has 2 aromatic carbocycles. The van der Waals surface area contributed by atoms with E-state index in [1.54, 1.807) is 30.5 Å². The summed E-state index contributed by atoms with van der Waals surface area (Å²) in [5, 5.41) is 14.1. The van der Waals surface area contributed by atoms with Crippen molar-refractivity contribution in [2.75, 3.05) is 43.1 Å². The lowest BCUT2D eigenvalue weighted by Crippen LogP contribution is -2.46. The van der Waals surface area contributed by atoms with Crippen molar-refractivity contribution in [1.29, 1.82) is 5.26 Å². The Bertz CT molecular complexity index is 1660. The number of hydrogen-bond acceptors (Lipinski definition) is 10. The van der Waals surface area contributed by atoms with Crippen molar-refractivity contribution in [2.24, 2.45) is 0 Å². The second-order valence-electron chi connectivity index (χ2n) is 14.1. The monoisotopic (exact) mass is 688 g/mol. The second kappa shape index (κ2) is 15.0. The summed E-state index contributed by atoms with van der Waals surface area (Å²) in [5.41, 5.74) is 3.64. The van der Waals surface area contributed by atoms with Gasteiger partial charge in [-0.2, -0.15) is 5.26 Å². The predicted octanol–water partition coefficient (Wildman–Crippen LogP) is 7.24. The highest BCUT2D eigenvalue weighted by molar-refractivity contribution is 6.74. The Kier molecular flexibility index (Phi) is 11.2. The molecule has 0 spiro atoms. The van der Waals surface area contributed by atoms with Gasteiger partial charge in [-0.15, -0.1) is 0 Å². The number of carbonyl (C=O) groups excluding carboxylic acids is 1. The molecule has 2 unspecified atom stereocenters. The van der Waals surface area contributed by atoms with E-state index in [0.29, 0.717) is 60.0 Å². The third-order valence-corrected chi connectivity index (χ3v) is 14.1. The van der Waals surface area contributed by atoms with E-state index in [4.69, 9.17) is 35.2 Å². The molecule has 0 saturated carbocycles. The van der Waals surface area contributed by atoms with Gasteiger partial charge in [-0.1, -0.05) is 39.3 Å². The molecule has 5 rings (SSSR count). The van der Waals surface area contributed by atoms with Crippen LogP contribution >= 0.6 is 11.6 Å². The van der Waals surface area contributed by atoms with E-state index in [-0.39, 0.29) is 11.3 Å². The van der Waals surface area contributed by atoms with Gasteiger partial charge >= 0.3 is 7.41 Å². The zero-order valence-electron chi connectivity index (χ0n) is 28.6. The van der Waals surface area contributed by atoms with Crippen LogP contribution in [0.4, 0.5) is 17.3 Å². The summed E-state index contributed by atoms with van der Waals surface area (Å²) in [6.07, 6.45) is 5.29. The summed E-state index contributed by atoms with van der Waals surface area (Å²) in [7, 11) is -0.587. The Morgan fingerprint density at radius 3 is 2.75 bits per heavy atom. The Morgan fingerprint density at radius 2 is 2.04 bits per heavy atom. The SMILES string of the molecule is CC1(CO[Si](C)(C)C(C)(C)C)CN([B]C=O)c2c(C#N)cc(-c3ccnc(Nc4cc(Cl)ccc4OCCOC4CCCCO4)n3)cc21. The predicted molar refractivity (Wildman–Crippen MR) is 192 cm³/mol. The molecule has 0 bridgehead atoms. The van der Waals surface area contributed by atoms with Crippen LogP contribution in [0.2, 0.25) is 23.2 Å². The van der Waals surface area contributed by atoms with E-state index in [1.165, 1.54) is 7.41 Å². The summed E-state index contributed by atoms with van der Waals surface area (Å²) in [6, 6.07) is 13.3. The molecule has 253 valence electrons. The van der Waals surface area contributed by atoms with E-state index in [1.807, 2.05) is 10.9 Å². The first kappa shape index (κ1) is 35.8. The molecule has 1 fully saturated rings. The van der Waals surface area contributed by atoms with Crippen LogP contribution in [0.25, 0.3) is 11.3 Å². The molecule has 1 aromatic heterocycles. The van der Waals surface area contributed by atoms with Crippen LogP contribution in [0.3, 0.4) is 0 Å². The third kappa shape index (κ3) is 8.21. The molecule has 1 saturated heterocycles. The molecule has 3 heterocycles. The number of nitrogens with one attached hydrogen (secondary N) is 1. The number of rotatable bonds is 13. The van der Waals surface area contributed by atoms with E-state index >= 15 is 0 Å². The highest BCUT2D eigenvalue weighted by Crippen LogP contribution is 2.46. The van der Waals surface area contributed by atoms with Crippen LogP contribution in [-0.2, 0) is 24.1 Å². The summed E-state index contributed by atoms with van der Waals surface area (Å²) < 4.78 is 24.2. The van der Waals surface area contributed by atoms with Crippen LogP contribution in [0.5, 0.6) is 5.75 Å². The van der Waals surface area contributed by atoms with Gasteiger partial charge in [0.15, 0.2) is 14.6 Å². The number of aromatic nitrogens is 2. The van der Waals surface area contributed by atoms with Gasteiger partial charge < -0.3 is 33.6 Å². The summed E-state index contributed by atoms with van der Waals surface area (Å²) in [4.78, 5) is 22.8. The van der Waals surface area contributed by atoms with Gasteiger partial charge in [0, 0.05) is 47.6 Å². The zero-order valence-corrected chi connectivity index (χ0v) is 30.4. The van der Waals surface area contributed by atoms with Gasteiger partial charge in [0.25, 0.3) is 0 Å². The number of nitrogens with zero attached hydrogens (tertiary/aromatic N) is 4. The van der Waals surface area contributed by atoms with Gasteiger partial charge in [0.05, 0.1) is 23.6 Å². The highest BCUT2D eigenvalue weighted by Gasteiger charge is 2.44. The minimum Gasteiger partial charge on any atom is -0.489 e. The minimum atomic E-state index is -2.08. The first-order valence-corrected chi connectivity index (χ1v) is 19.7. The molecule has 13 heteroatoms. The van der Waals surface area contributed by atoms with Crippen molar-refractivity contribution in [3.05, 3.63) is 58.7 Å². The molecule has 10 nitrogen and oxygen atoms in total. The average Bonchev–Trinajstić information content (AvgIpc) is 3.34. The van der Waals surface area contributed by atoms with Crippen LogP contribution in [0.1, 0.15) is 58.1 Å². The van der Waals surface area contributed by atoms with Crippen molar-refractivity contribution in [2.45, 2.75) is 76.8 Å². The maximum absolute atomic E-state index is 11.6. The van der Waals surface area contributed by atoms with Gasteiger partial charge in [0.1, 0.15) is 24.6 Å². The van der Waals surface area contributed by atoms with Gasteiger partial charge in [-0.3, -0.25) is 0 Å². The smallest absolute Gasteiger partial charge is 0.329 e. The largest absolute Gasteiger partial charge is 0.489 e. The molecule has 1 N–H and O–H groups in total. The van der Waals surface area contributed by atoms with Crippen LogP contribution in [0.15, 0.2) is 42.6 Å². The molecule has 2 aliphatic rings. The maximum Gasteiger partial charge on any atom is 0.329 e. The summed E-state index contributed by atoms with van der Waals surface area (Å²) >= 11 is 6.36. The normalized spacial score (nSPS) is 19.4. The number of hydrogen-bond donors (Lipinski definition) is 1. The quantitative estimate of drug-likeness (QED) is 0.112. The molecule has 3 aromatic rings. The molecule has 2 atom stereocenters. The number of fused-ring (bicyclic) bond motifs is 1. The molecule has 48 heavy (non-hydrogen) atoms. The van der Waals surface area contributed by atoms with Gasteiger partial charge in [-0.25, -0.2) is 9.97 Å². The topological polar surface area (TPSA) is 119 Å². The summed E-state index contributed by atoms with van der Waals surface area (Å²) in [6.45, 7) is 15.6. The van der Waals surface area contributed by atoms with Crippen molar-refractivity contribution in [3.63, 3.8) is 0 Å². The standard InChI is InChI=1S/C35H44BClN5O5Si/c1-34(2,3)48(5,6)47-22-35(4)21-42(36-23-43)32-25(20-38)17-24(18-27(32)35)28-12-13-39-33(40-28)41-29-19-26(37)10-11-30(29)44-15-16-46-31-9-7-8-14-45-31/h10-13,17-19,23,31H,7-9,14-16,21-22H2,1-6H3,(H,39,40,41). The van der Waals surface area contributed by atoms with E-state index in [2.05, 4.69) is 63.2 Å². The lowest BCUT2D eigenvalue weighted by molar-refractivity contribution is -0.165. The second-order valence-corrected chi connectivity index (χ2v) is 19.3. The molecule has 0 aliphatic carbocycles.